The quantitative estimate of drug-likeness (QED) is 0.698. The smallest absolute Gasteiger partial charge is 0.213 e. The Morgan fingerprint density at radius 2 is 2.11 bits per heavy atom. The Morgan fingerprint density at radius 1 is 1.32 bits per heavy atom. The molecule has 0 aliphatic carbocycles. The van der Waals surface area contributed by atoms with Crippen molar-refractivity contribution in [3.05, 3.63) is 23.4 Å². The molecule has 1 atom stereocenters. The minimum Gasteiger partial charge on any atom is -0.472 e. The lowest BCUT2D eigenvalue weighted by Gasteiger charge is -2.15. The highest BCUT2D eigenvalue weighted by Crippen LogP contribution is 2.14. The molecule has 19 heavy (non-hydrogen) atoms. The number of hydrogen-bond acceptors (Lipinski definition) is 4. The van der Waals surface area contributed by atoms with Crippen LogP contribution in [0.15, 0.2) is 12.1 Å². The first kappa shape index (κ1) is 15.9. The highest BCUT2D eigenvalue weighted by Gasteiger charge is 2.07. The Kier molecular flexibility index (Phi) is 7.45. The van der Waals surface area contributed by atoms with Crippen molar-refractivity contribution in [2.75, 3.05) is 19.8 Å². The molecule has 1 unspecified atom stereocenters. The van der Waals surface area contributed by atoms with Crippen LogP contribution >= 0.6 is 0 Å². The zero-order chi connectivity index (χ0) is 14.1. The summed E-state index contributed by atoms with van der Waals surface area (Å²) in [6, 6.07) is 4.01. The van der Waals surface area contributed by atoms with Gasteiger partial charge in [-0.15, -0.1) is 0 Å². The van der Waals surface area contributed by atoms with E-state index in [1.165, 1.54) is 5.56 Å². The van der Waals surface area contributed by atoms with Crippen molar-refractivity contribution in [2.45, 2.75) is 46.8 Å². The molecule has 1 N–H and O–H groups in total. The SMILES string of the molecule is CCCNCc1ccc(OC(C)COCC)nc1C. The number of aromatic nitrogens is 1. The molecule has 4 nitrogen and oxygen atoms in total. The standard InChI is InChI=1S/C15H26N2O2/c1-5-9-16-10-14-7-8-15(17-13(14)4)19-12(3)11-18-6-2/h7-8,12,16H,5-6,9-11H2,1-4H3. The van der Waals surface area contributed by atoms with Gasteiger partial charge in [0, 0.05) is 24.9 Å². The predicted molar refractivity (Wildman–Crippen MR) is 77.6 cm³/mol. The van der Waals surface area contributed by atoms with Crippen LogP contribution in [-0.4, -0.2) is 30.8 Å². The molecule has 1 rings (SSSR count). The first-order valence-electron chi connectivity index (χ1n) is 7.09. The molecular weight excluding hydrogens is 240 g/mol. The third-order valence-electron chi connectivity index (χ3n) is 2.79. The lowest BCUT2D eigenvalue weighted by Crippen LogP contribution is -2.20. The van der Waals surface area contributed by atoms with Crippen molar-refractivity contribution < 1.29 is 9.47 Å². The fraction of sp³-hybridized carbons (Fsp3) is 0.667. The molecule has 1 aromatic rings. The average molecular weight is 266 g/mol. The van der Waals surface area contributed by atoms with Crippen LogP contribution < -0.4 is 10.1 Å². The normalized spacial score (nSPS) is 12.4. The minimum absolute atomic E-state index is 0.0240. The highest BCUT2D eigenvalue weighted by molar-refractivity contribution is 5.25. The van der Waals surface area contributed by atoms with Gasteiger partial charge >= 0.3 is 0 Å². The molecule has 0 spiro atoms. The molecule has 0 radical (unpaired) electrons. The zero-order valence-electron chi connectivity index (χ0n) is 12.5. The highest BCUT2D eigenvalue weighted by atomic mass is 16.5. The van der Waals surface area contributed by atoms with Crippen LogP contribution in [0.4, 0.5) is 0 Å². The number of rotatable bonds is 9. The van der Waals surface area contributed by atoms with Gasteiger partial charge in [0.25, 0.3) is 0 Å². The summed E-state index contributed by atoms with van der Waals surface area (Å²) in [5, 5.41) is 3.38. The van der Waals surface area contributed by atoms with Crippen molar-refractivity contribution in [3.8, 4) is 5.88 Å². The second-order valence-corrected chi connectivity index (χ2v) is 4.66. The van der Waals surface area contributed by atoms with Crippen molar-refractivity contribution in [3.63, 3.8) is 0 Å². The van der Waals surface area contributed by atoms with Gasteiger partial charge in [-0.3, -0.25) is 0 Å². The second kappa shape index (κ2) is 8.88. The van der Waals surface area contributed by atoms with Gasteiger partial charge in [0.15, 0.2) is 0 Å². The fourth-order valence-corrected chi connectivity index (χ4v) is 1.74. The van der Waals surface area contributed by atoms with Crippen molar-refractivity contribution >= 4 is 0 Å². The van der Waals surface area contributed by atoms with Gasteiger partial charge in [0.1, 0.15) is 6.10 Å². The molecule has 108 valence electrons. The van der Waals surface area contributed by atoms with Gasteiger partial charge in [-0.2, -0.15) is 0 Å². The van der Waals surface area contributed by atoms with E-state index in [1.54, 1.807) is 0 Å². The van der Waals surface area contributed by atoms with Gasteiger partial charge in [-0.05, 0) is 39.3 Å². The lowest BCUT2D eigenvalue weighted by atomic mass is 10.2. The summed E-state index contributed by atoms with van der Waals surface area (Å²) < 4.78 is 11.0. The summed E-state index contributed by atoms with van der Waals surface area (Å²) in [7, 11) is 0. The summed E-state index contributed by atoms with van der Waals surface area (Å²) in [4.78, 5) is 4.48. The molecule has 0 saturated heterocycles. The maximum absolute atomic E-state index is 5.72. The van der Waals surface area contributed by atoms with E-state index in [0.717, 1.165) is 25.2 Å². The van der Waals surface area contributed by atoms with Crippen LogP contribution in [0, 0.1) is 6.92 Å². The number of nitrogens with zero attached hydrogens (tertiary/aromatic N) is 1. The number of aryl methyl sites for hydroxylation is 1. The molecule has 0 aliphatic heterocycles. The maximum atomic E-state index is 5.72. The molecule has 0 aliphatic rings. The second-order valence-electron chi connectivity index (χ2n) is 4.66. The number of nitrogens with one attached hydrogen (secondary N) is 1. The van der Waals surface area contributed by atoms with Crippen molar-refractivity contribution in [2.24, 2.45) is 0 Å². The van der Waals surface area contributed by atoms with Crippen LogP contribution in [-0.2, 0) is 11.3 Å². The molecule has 0 bridgehead atoms. The number of ether oxygens (including phenoxy) is 2. The van der Waals surface area contributed by atoms with Gasteiger partial charge in [0.2, 0.25) is 5.88 Å². The fourth-order valence-electron chi connectivity index (χ4n) is 1.74. The minimum atomic E-state index is 0.0240. The average Bonchev–Trinajstić information content (AvgIpc) is 2.39. The summed E-state index contributed by atoms with van der Waals surface area (Å²) in [5.41, 5.74) is 2.24. The van der Waals surface area contributed by atoms with E-state index in [1.807, 2.05) is 26.8 Å². The van der Waals surface area contributed by atoms with E-state index in [9.17, 15) is 0 Å². The van der Waals surface area contributed by atoms with Crippen LogP contribution in [0.3, 0.4) is 0 Å². The Morgan fingerprint density at radius 3 is 2.74 bits per heavy atom. The van der Waals surface area contributed by atoms with Crippen LogP contribution in [0.25, 0.3) is 0 Å². The molecule has 4 heteroatoms. The molecule has 0 aromatic carbocycles. The van der Waals surface area contributed by atoms with Gasteiger partial charge in [0.05, 0.1) is 6.61 Å². The first-order chi connectivity index (χ1) is 9.17. The van der Waals surface area contributed by atoms with Crippen LogP contribution in [0.1, 0.15) is 38.4 Å². The van der Waals surface area contributed by atoms with Gasteiger partial charge in [-0.25, -0.2) is 4.98 Å². The third-order valence-corrected chi connectivity index (χ3v) is 2.79. The maximum Gasteiger partial charge on any atom is 0.213 e. The molecule has 0 fully saturated rings. The number of hydrogen-bond donors (Lipinski definition) is 1. The monoisotopic (exact) mass is 266 g/mol. The Balaban J connectivity index is 2.51. The van der Waals surface area contributed by atoms with E-state index in [0.29, 0.717) is 19.1 Å². The molecular formula is C15H26N2O2. The summed E-state index contributed by atoms with van der Waals surface area (Å²) in [6.07, 6.45) is 1.17. The van der Waals surface area contributed by atoms with Crippen LogP contribution in [0.5, 0.6) is 5.88 Å². The van der Waals surface area contributed by atoms with E-state index >= 15 is 0 Å². The van der Waals surface area contributed by atoms with Crippen molar-refractivity contribution in [1.29, 1.82) is 0 Å². The molecule has 0 amide bonds. The summed E-state index contributed by atoms with van der Waals surface area (Å²) in [6.45, 7) is 11.3. The third kappa shape index (κ3) is 6.03. The molecule has 0 saturated carbocycles. The van der Waals surface area contributed by atoms with E-state index in [2.05, 4.69) is 23.3 Å². The topological polar surface area (TPSA) is 43.4 Å². The largest absolute Gasteiger partial charge is 0.472 e. The van der Waals surface area contributed by atoms with E-state index in [4.69, 9.17) is 9.47 Å². The molecule has 1 aromatic heterocycles. The van der Waals surface area contributed by atoms with Crippen LogP contribution in [0.2, 0.25) is 0 Å². The summed E-state index contributed by atoms with van der Waals surface area (Å²) >= 11 is 0. The number of pyridine rings is 1. The Labute approximate surface area is 116 Å². The van der Waals surface area contributed by atoms with Gasteiger partial charge < -0.3 is 14.8 Å². The van der Waals surface area contributed by atoms with Crippen molar-refractivity contribution in [1.82, 2.24) is 10.3 Å². The Bertz CT molecular complexity index is 369. The van der Waals surface area contributed by atoms with E-state index < -0.39 is 0 Å². The lowest BCUT2D eigenvalue weighted by molar-refractivity contribution is 0.0632. The van der Waals surface area contributed by atoms with Gasteiger partial charge in [-0.1, -0.05) is 13.0 Å². The molecule has 1 heterocycles. The summed E-state index contributed by atoms with van der Waals surface area (Å²) in [5.74, 6) is 0.670. The Hall–Kier alpha value is -1.13. The first-order valence-corrected chi connectivity index (χ1v) is 7.09. The van der Waals surface area contributed by atoms with E-state index in [-0.39, 0.29) is 6.10 Å². The predicted octanol–water partition coefficient (Wildman–Crippen LogP) is 2.69. The zero-order valence-corrected chi connectivity index (χ0v) is 12.5.